The number of hydrogen-bond acceptors (Lipinski definition) is 2. The summed E-state index contributed by atoms with van der Waals surface area (Å²) in [6, 6.07) is 3.79. The highest BCUT2D eigenvalue weighted by Crippen LogP contribution is 2.27. The number of carboxylic acids is 1. The van der Waals surface area contributed by atoms with Crippen LogP contribution in [0.15, 0.2) is 12.1 Å². The fourth-order valence-corrected chi connectivity index (χ4v) is 1.98. The summed E-state index contributed by atoms with van der Waals surface area (Å²) in [5, 5.41) is 9.46. The van der Waals surface area contributed by atoms with Crippen LogP contribution in [0.2, 0.25) is 5.02 Å². The number of benzene rings is 1. The molecule has 0 aliphatic rings. The van der Waals surface area contributed by atoms with Crippen molar-refractivity contribution in [2.45, 2.75) is 26.2 Å². The Morgan fingerprint density at radius 3 is 2.56 bits per heavy atom. The van der Waals surface area contributed by atoms with Crippen LogP contribution in [-0.2, 0) is 4.79 Å². The lowest BCUT2D eigenvalue weighted by Crippen LogP contribution is -2.17. The molecule has 1 atom stereocenters. The van der Waals surface area contributed by atoms with Crippen molar-refractivity contribution in [1.82, 2.24) is 0 Å². The summed E-state index contributed by atoms with van der Waals surface area (Å²) in [5.41, 5.74) is 8.57. The molecule has 88 valence electrons. The van der Waals surface area contributed by atoms with Crippen molar-refractivity contribution in [3.05, 3.63) is 33.8 Å². The van der Waals surface area contributed by atoms with Crippen LogP contribution in [0, 0.1) is 13.8 Å². The van der Waals surface area contributed by atoms with Crippen molar-refractivity contribution in [2.75, 3.05) is 6.54 Å². The van der Waals surface area contributed by atoms with Gasteiger partial charge < -0.3 is 10.8 Å². The molecule has 3 nitrogen and oxygen atoms in total. The lowest BCUT2D eigenvalue weighted by molar-refractivity contribution is -0.137. The topological polar surface area (TPSA) is 63.3 Å². The number of halogens is 1. The maximum absolute atomic E-state index is 10.7. The molecule has 0 spiro atoms. The number of nitrogens with two attached hydrogens (primary N) is 1. The van der Waals surface area contributed by atoms with Crippen LogP contribution in [0.3, 0.4) is 0 Å². The molecule has 0 saturated carbocycles. The third-order valence-corrected chi connectivity index (χ3v) is 3.10. The highest BCUT2D eigenvalue weighted by atomic mass is 35.5. The lowest BCUT2D eigenvalue weighted by atomic mass is 9.91. The Kier molecular flexibility index (Phi) is 4.33. The Morgan fingerprint density at radius 2 is 2.06 bits per heavy atom. The first-order valence-corrected chi connectivity index (χ1v) is 5.52. The summed E-state index contributed by atoms with van der Waals surface area (Å²) in [6.45, 7) is 4.18. The second-order valence-corrected chi connectivity index (χ2v) is 4.40. The quantitative estimate of drug-likeness (QED) is 0.851. The van der Waals surface area contributed by atoms with Gasteiger partial charge in [-0.15, -0.1) is 0 Å². The van der Waals surface area contributed by atoms with Gasteiger partial charge >= 0.3 is 5.97 Å². The standard InChI is InChI=1S/C12H16ClNO2/c1-7-3-8(2)11(13)5-10(7)9(6-14)4-12(15)16/h3,5,9H,4,6,14H2,1-2H3,(H,15,16). The molecule has 3 N–H and O–H groups in total. The number of carboxylic acid groups (broad SMARTS) is 1. The van der Waals surface area contributed by atoms with E-state index in [0.717, 1.165) is 16.7 Å². The van der Waals surface area contributed by atoms with Gasteiger partial charge in [-0.25, -0.2) is 0 Å². The van der Waals surface area contributed by atoms with Gasteiger partial charge in [-0.2, -0.15) is 0 Å². The van der Waals surface area contributed by atoms with Gasteiger partial charge in [0.25, 0.3) is 0 Å². The normalized spacial score (nSPS) is 12.5. The van der Waals surface area contributed by atoms with Crippen molar-refractivity contribution in [2.24, 2.45) is 5.73 Å². The largest absolute Gasteiger partial charge is 0.481 e. The molecule has 0 aliphatic carbocycles. The van der Waals surface area contributed by atoms with Crippen LogP contribution in [-0.4, -0.2) is 17.6 Å². The molecule has 1 rings (SSSR count). The molecule has 1 aromatic rings. The summed E-state index contributed by atoms with van der Waals surface area (Å²) in [4.78, 5) is 10.7. The van der Waals surface area contributed by atoms with E-state index >= 15 is 0 Å². The first kappa shape index (κ1) is 13.0. The van der Waals surface area contributed by atoms with Gasteiger partial charge in [-0.05, 0) is 43.1 Å². The van der Waals surface area contributed by atoms with E-state index in [2.05, 4.69) is 0 Å². The number of aliphatic carboxylic acids is 1. The van der Waals surface area contributed by atoms with E-state index in [1.165, 1.54) is 0 Å². The fraction of sp³-hybridized carbons (Fsp3) is 0.417. The predicted molar refractivity (Wildman–Crippen MR) is 65.0 cm³/mol. The van der Waals surface area contributed by atoms with Crippen molar-refractivity contribution < 1.29 is 9.90 Å². The summed E-state index contributed by atoms with van der Waals surface area (Å²) in [7, 11) is 0. The summed E-state index contributed by atoms with van der Waals surface area (Å²) in [6.07, 6.45) is 0.0384. The summed E-state index contributed by atoms with van der Waals surface area (Å²) >= 11 is 6.04. The van der Waals surface area contributed by atoms with Crippen LogP contribution in [0.5, 0.6) is 0 Å². The van der Waals surface area contributed by atoms with Crippen LogP contribution in [0.25, 0.3) is 0 Å². The smallest absolute Gasteiger partial charge is 0.304 e. The first-order chi connectivity index (χ1) is 7.45. The molecule has 0 heterocycles. The molecule has 0 radical (unpaired) electrons. The van der Waals surface area contributed by atoms with Gasteiger partial charge in [-0.3, -0.25) is 4.79 Å². The summed E-state index contributed by atoms with van der Waals surface area (Å²) < 4.78 is 0. The van der Waals surface area contributed by atoms with Crippen molar-refractivity contribution in [3.63, 3.8) is 0 Å². The molecule has 1 unspecified atom stereocenters. The zero-order chi connectivity index (χ0) is 12.3. The van der Waals surface area contributed by atoms with Gasteiger partial charge in [0.05, 0.1) is 6.42 Å². The van der Waals surface area contributed by atoms with Gasteiger partial charge in [0.15, 0.2) is 0 Å². The molecular weight excluding hydrogens is 226 g/mol. The van der Waals surface area contributed by atoms with Gasteiger partial charge in [-0.1, -0.05) is 17.7 Å². The monoisotopic (exact) mass is 241 g/mol. The minimum atomic E-state index is -0.841. The molecule has 4 heteroatoms. The van der Waals surface area contributed by atoms with Crippen LogP contribution in [0.1, 0.15) is 29.0 Å². The van der Waals surface area contributed by atoms with Crippen LogP contribution < -0.4 is 5.73 Å². The second-order valence-electron chi connectivity index (χ2n) is 3.99. The zero-order valence-corrected chi connectivity index (χ0v) is 10.2. The van der Waals surface area contributed by atoms with E-state index in [9.17, 15) is 4.79 Å². The van der Waals surface area contributed by atoms with Gasteiger partial charge in [0.2, 0.25) is 0 Å². The Bertz CT molecular complexity index is 404. The number of aryl methyl sites for hydroxylation is 2. The molecule has 0 saturated heterocycles. The SMILES string of the molecule is Cc1cc(C)c(C(CN)CC(=O)O)cc1Cl. The highest BCUT2D eigenvalue weighted by Gasteiger charge is 2.17. The summed E-state index contributed by atoms with van der Waals surface area (Å²) in [5.74, 6) is -1.01. The number of carbonyl (C=O) groups is 1. The highest BCUT2D eigenvalue weighted by molar-refractivity contribution is 6.31. The molecular formula is C12H16ClNO2. The molecule has 0 aromatic heterocycles. The Morgan fingerprint density at radius 1 is 1.44 bits per heavy atom. The third-order valence-electron chi connectivity index (χ3n) is 2.69. The Hall–Kier alpha value is -1.06. The molecule has 0 amide bonds. The van der Waals surface area contributed by atoms with E-state index in [0.29, 0.717) is 11.6 Å². The van der Waals surface area contributed by atoms with Crippen LogP contribution in [0.4, 0.5) is 0 Å². The molecule has 0 aliphatic heterocycles. The lowest BCUT2D eigenvalue weighted by Gasteiger charge is -2.17. The number of rotatable bonds is 4. The maximum atomic E-state index is 10.7. The van der Waals surface area contributed by atoms with E-state index in [1.807, 2.05) is 26.0 Å². The molecule has 1 aromatic carbocycles. The Balaban J connectivity index is 3.09. The second kappa shape index (κ2) is 5.32. The van der Waals surface area contributed by atoms with Crippen LogP contribution >= 0.6 is 11.6 Å². The Labute approximate surface area is 100 Å². The van der Waals surface area contributed by atoms with E-state index in [-0.39, 0.29) is 12.3 Å². The maximum Gasteiger partial charge on any atom is 0.304 e. The minimum Gasteiger partial charge on any atom is -0.481 e. The molecule has 0 bridgehead atoms. The van der Waals surface area contributed by atoms with E-state index < -0.39 is 5.97 Å². The fourth-order valence-electron chi connectivity index (χ4n) is 1.81. The van der Waals surface area contributed by atoms with Crippen molar-refractivity contribution >= 4 is 17.6 Å². The van der Waals surface area contributed by atoms with E-state index in [1.54, 1.807) is 0 Å². The van der Waals surface area contributed by atoms with Crippen molar-refractivity contribution in [3.8, 4) is 0 Å². The number of hydrogen-bond donors (Lipinski definition) is 2. The van der Waals surface area contributed by atoms with E-state index in [4.69, 9.17) is 22.4 Å². The first-order valence-electron chi connectivity index (χ1n) is 5.14. The predicted octanol–water partition coefficient (Wildman–Crippen LogP) is 2.47. The average molecular weight is 242 g/mol. The van der Waals surface area contributed by atoms with Gasteiger partial charge in [0.1, 0.15) is 0 Å². The average Bonchev–Trinajstić information content (AvgIpc) is 2.20. The zero-order valence-electron chi connectivity index (χ0n) is 9.46. The van der Waals surface area contributed by atoms with Crippen molar-refractivity contribution in [1.29, 1.82) is 0 Å². The van der Waals surface area contributed by atoms with Gasteiger partial charge in [0, 0.05) is 10.9 Å². The third kappa shape index (κ3) is 2.97. The minimum absolute atomic E-state index is 0.0384. The molecule has 0 fully saturated rings. The molecule has 16 heavy (non-hydrogen) atoms.